The summed E-state index contributed by atoms with van der Waals surface area (Å²) < 4.78 is 26.3. The topological polar surface area (TPSA) is 71.1 Å². The molecule has 0 amide bonds. The van der Waals surface area contributed by atoms with Gasteiger partial charge in [-0.1, -0.05) is 6.92 Å². The molecule has 1 unspecified atom stereocenters. The Kier molecular flexibility index (Phi) is 5.37. The smallest absolute Gasteiger partial charge is 0.236 e. The largest absolute Gasteiger partial charge is 0.315 e. The number of pyridine rings is 1. The molecule has 1 heterocycles. The summed E-state index contributed by atoms with van der Waals surface area (Å²) in [4.78, 5) is 3.86. The second-order valence-electron chi connectivity index (χ2n) is 3.90. The molecule has 0 fully saturated rings. The van der Waals surface area contributed by atoms with Crippen molar-refractivity contribution in [3.63, 3.8) is 0 Å². The normalized spacial score (nSPS) is 13.3. The lowest BCUT2D eigenvalue weighted by Gasteiger charge is -2.15. The summed E-state index contributed by atoms with van der Waals surface area (Å²) in [7, 11) is -3.35. The summed E-state index contributed by atoms with van der Waals surface area (Å²) >= 11 is 0. The molecule has 0 aliphatic rings. The van der Waals surface area contributed by atoms with Gasteiger partial charge in [0.05, 0.1) is 17.1 Å². The molecule has 1 rings (SSSR count). The Balaban J connectivity index is 2.56. The van der Waals surface area contributed by atoms with Crippen molar-refractivity contribution in [3.05, 3.63) is 24.5 Å². The van der Waals surface area contributed by atoms with Crippen molar-refractivity contribution in [2.45, 2.75) is 25.5 Å². The third-order valence-electron chi connectivity index (χ3n) is 2.31. The molecule has 1 aromatic heterocycles. The molecule has 0 aliphatic heterocycles. The zero-order chi connectivity index (χ0) is 12.7. The molecule has 2 N–H and O–H groups in total. The van der Waals surface area contributed by atoms with Crippen LogP contribution in [0.1, 0.15) is 20.3 Å². The van der Waals surface area contributed by atoms with Crippen LogP contribution in [-0.4, -0.2) is 31.7 Å². The third kappa shape index (κ3) is 4.70. The number of nitrogens with one attached hydrogen (secondary N) is 2. The number of hydrogen-bond acceptors (Lipinski definition) is 4. The van der Waals surface area contributed by atoms with E-state index in [0.717, 1.165) is 13.0 Å². The van der Waals surface area contributed by atoms with Crippen molar-refractivity contribution in [1.82, 2.24) is 10.3 Å². The van der Waals surface area contributed by atoms with Crippen LogP contribution in [0.2, 0.25) is 0 Å². The first-order valence-electron chi connectivity index (χ1n) is 5.68. The first-order chi connectivity index (χ1) is 8.06. The number of anilines is 1. The van der Waals surface area contributed by atoms with E-state index in [4.69, 9.17) is 0 Å². The van der Waals surface area contributed by atoms with Gasteiger partial charge >= 0.3 is 0 Å². The van der Waals surface area contributed by atoms with Crippen LogP contribution in [0.3, 0.4) is 0 Å². The fourth-order valence-electron chi connectivity index (χ4n) is 1.28. The van der Waals surface area contributed by atoms with Gasteiger partial charge in [-0.3, -0.25) is 9.71 Å². The first-order valence-corrected chi connectivity index (χ1v) is 7.23. The highest BCUT2D eigenvalue weighted by Gasteiger charge is 2.19. The minimum Gasteiger partial charge on any atom is -0.315 e. The van der Waals surface area contributed by atoms with Crippen LogP contribution in [0.5, 0.6) is 0 Å². The lowest BCUT2D eigenvalue weighted by atomic mass is 10.4. The van der Waals surface area contributed by atoms with Crippen molar-refractivity contribution in [1.29, 1.82) is 0 Å². The zero-order valence-corrected chi connectivity index (χ0v) is 11.0. The van der Waals surface area contributed by atoms with Gasteiger partial charge in [-0.05, 0) is 32.0 Å². The molecule has 0 radical (unpaired) electrons. The maximum Gasteiger partial charge on any atom is 0.236 e. The number of rotatable bonds is 7. The number of hydrogen-bond donors (Lipinski definition) is 2. The fourth-order valence-corrected chi connectivity index (χ4v) is 2.27. The van der Waals surface area contributed by atoms with Crippen LogP contribution in [-0.2, 0) is 10.0 Å². The van der Waals surface area contributed by atoms with Crippen LogP contribution in [0.4, 0.5) is 5.69 Å². The van der Waals surface area contributed by atoms with Crippen LogP contribution in [0.25, 0.3) is 0 Å². The van der Waals surface area contributed by atoms with Crippen molar-refractivity contribution in [2.75, 3.05) is 17.8 Å². The van der Waals surface area contributed by atoms with Crippen LogP contribution in [0, 0.1) is 0 Å². The maximum absolute atomic E-state index is 11.9. The molecular formula is C11H19N3O2S. The second kappa shape index (κ2) is 6.56. The molecule has 0 spiro atoms. The number of sulfonamides is 1. The Morgan fingerprint density at radius 3 is 2.82 bits per heavy atom. The predicted octanol–water partition coefficient (Wildman–Crippen LogP) is 1.21. The molecule has 1 atom stereocenters. The van der Waals surface area contributed by atoms with E-state index >= 15 is 0 Å². The van der Waals surface area contributed by atoms with Gasteiger partial charge in [-0.2, -0.15) is 0 Å². The van der Waals surface area contributed by atoms with E-state index in [9.17, 15) is 8.42 Å². The second-order valence-corrected chi connectivity index (χ2v) is 6.00. The SMILES string of the molecule is CCCNCC(C)S(=O)(=O)Nc1cccnc1. The third-order valence-corrected chi connectivity index (χ3v) is 4.06. The van der Waals surface area contributed by atoms with E-state index < -0.39 is 15.3 Å². The zero-order valence-electron chi connectivity index (χ0n) is 10.2. The molecule has 0 saturated carbocycles. The lowest BCUT2D eigenvalue weighted by molar-refractivity contribution is 0.576. The Morgan fingerprint density at radius 1 is 1.47 bits per heavy atom. The van der Waals surface area contributed by atoms with Crippen LogP contribution in [0.15, 0.2) is 24.5 Å². The highest BCUT2D eigenvalue weighted by atomic mass is 32.2. The summed E-state index contributed by atoms with van der Waals surface area (Å²) in [6, 6.07) is 3.37. The summed E-state index contributed by atoms with van der Waals surface area (Å²) in [6.07, 6.45) is 4.08. The minimum absolute atomic E-state index is 0.448. The van der Waals surface area contributed by atoms with E-state index in [1.807, 2.05) is 6.92 Å². The Labute approximate surface area is 103 Å². The van der Waals surface area contributed by atoms with Gasteiger partial charge in [0.15, 0.2) is 0 Å². The van der Waals surface area contributed by atoms with Crippen molar-refractivity contribution < 1.29 is 8.42 Å². The molecule has 0 saturated heterocycles. The molecule has 17 heavy (non-hydrogen) atoms. The van der Waals surface area contributed by atoms with E-state index in [0.29, 0.717) is 12.2 Å². The Bertz CT molecular complexity index is 420. The quantitative estimate of drug-likeness (QED) is 0.720. The molecule has 5 nitrogen and oxygen atoms in total. The molecule has 0 aliphatic carbocycles. The van der Waals surface area contributed by atoms with E-state index in [1.54, 1.807) is 25.3 Å². The number of aromatic nitrogens is 1. The predicted molar refractivity (Wildman–Crippen MR) is 69.4 cm³/mol. The van der Waals surface area contributed by atoms with E-state index in [-0.39, 0.29) is 0 Å². The fraction of sp³-hybridized carbons (Fsp3) is 0.545. The van der Waals surface area contributed by atoms with Gasteiger partial charge in [-0.25, -0.2) is 8.42 Å². The highest BCUT2D eigenvalue weighted by molar-refractivity contribution is 7.93. The average molecular weight is 257 g/mol. The van der Waals surface area contributed by atoms with Gasteiger partial charge in [0.2, 0.25) is 10.0 Å². The average Bonchev–Trinajstić information content (AvgIpc) is 2.30. The van der Waals surface area contributed by atoms with Gasteiger partial charge in [-0.15, -0.1) is 0 Å². The molecule has 1 aromatic rings. The number of nitrogens with zero attached hydrogens (tertiary/aromatic N) is 1. The Hall–Kier alpha value is -1.14. The highest BCUT2D eigenvalue weighted by Crippen LogP contribution is 2.09. The maximum atomic E-state index is 11.9. The van der Waals surface area contributed by atoms with Crippen molar-refractivity contribution >= 4 is 15.7 Å². The lowest BCUT2D eigenvalue weighted by Crippen LogP contribution is -2.35. The van der Waals surface area contributed by atoms with Crippen molar-refractivity contribution in [2.24, 2.45) is 0 Å². The van der Waals surface area contributed by atoms with E-state index in [1.165, 1.54) is 6.20 Å². The molecular weight excluding hydrogens is 238 g/mol. The summed E-state index contributed by atoms with van der Waals surface area (Å²) in [5.41, 5.74) is 0.495. The molecule has 0 aromatic carbocycles. The summed E-state index contributed by atoms with van der Waals surface area (Å²) in [5, 5.41) is 2.61. The van der Waals surface area contributed by atoms with Gasteiger partial charge in [0, 0.05) is 12.7 Å². The summed E-state index contributed by atoms with van der Waals surface area (Å²) in [6.45, 7) is 5.00. The van der Waals surface area contributed by atoms with Crippen LogP contribution < -0.4 is 10.0 Å². The molecule has 0 bridgehead atoms. The van der Waals surface area contributed by atoms with Crippen LogP contribution >= 0.6 is 0 Å². The monoisotopic (exact) mass is 257 g/mol. The molecule has 96 valence electrons. The Morgan fingerprint density at radius 2 is 2.24 bits per heavy atom. The standard InChI is InChI=1S/C11H19N3O2S/c1-3-6-12-8-10(2)17(15,16)14-11-5-4-7-13-9-11/h4-5,7,9-10,12,14H,3,6,8H2,1-2H3. The van der Waals surface area contributed by atoms with E-state index in [2.05, 4.69) is 15.0 Å². The van der Waals surface area contributed by atoms with Crippen molar-refractivity contribution in [3.8, 4) is 0 Å². The van der Waals surface area contributed by atoms with Gasteiger partial charge < -0.3 is 5.32 Å². The van der Waals surface area contributed by atoms with Gasteiger partial charge in [0.25, 0.3) is 0 Å². The first kappa shape index (κ1) is 13.9. The minimum atomic E-state index is -3.35. The van der Waals surface area contributed by atoms with Gasteiger partial charge in [0.1, 0.15) is 0 Å². The summed E-state index contributed by atoms with van der Waals surface area (Å²) in [5.74, 6) is 0. The molecule has 6 heteroatoms.